The van der Waals surface area contributed by atoms with Gasteiger partial charge in [-0.2, -0.15) is 0 Å². The van der Waals surface area contributed by atoms with Crippen LogP contribution in [-0.4, -0.2) is 35.4 Å². The molecule has 0 aliphatic heterocycles. The number of rotatable bonds is 3. The van der Waals surface area contributed by atoms with E-state index < -0.39 is 7.12 Å². The van der Waals surface area contributed by atoms with Crippen LogP contribution in [0, 0.1) is 0 Å². The Morgan fingerprint density at radius 1 is 1.19 bits per heavy atom. The summed E-state index contributed by atoms with van der Waals surface area (Å²) in [6.45, 7) is 6.36. The second-order valence-corrected chi connectivity index (χ2v) is 7.03. The molecule has 21 heavy (non-hydrogen) atoms. The Morgan fingerprint density at radius 2 is 1.81 bits per heavy atom. The van der Waals surface area contributed by atoms with Gasteiger partial charge in [-0.25, -0.2) is 0 Å². The molecule has 0 spiro atoms. The molecule has 4 nitrogen and oxygen atoms in total. The predicted molar refractivity (Wildman–Crippen MR) is 84.8 cm³/mol. The topological polar surface area (TPSA) is 62.6 Å². The number of hydrogen-bond donors (Lipinski definition) is 2. The molecule has 1 saturated carbocycles. The summed E-state index contributed by atoms with van der Waals surface area (Å²) in [6, 6.07) is 2.06. The highest BCUT2D eigenvalue weighted by molar-refractivity contribution is 6.59. The molecule has 0 radical (unpaired) electrons. The lowest BCUT2D eigenvalue weighted by atomic mass is 9.70. The van der Waals surface area contributed by atoms with Crippen molar-refractivity contribution in [1.82, 2.24) is 4.98 Å². The van der Waals surface area contributed by atoms with Crippen LogP contribution in [0.25, 0.3) is 0 Å². The number of nitrogens with zero attached hydrogens (tertiary/aromatic N) is 1. The van der Waals surface area contributed by atoms with Gasteiger partial charge in [-0.15, -0.1) is 0 Å². The highest BCUT2D eigenvalue weighted by atomic mass is 16.5. The average molecular weight is 291 g/mol. The van der Waals surface area contributed by atoms with Gasteiger partial charge < -0.3 is 14.8 Å². The molecule has 0 bridgehead atoms. The Morgan fingerprint density at radius 3 is 2.29 bits per heavy atom. The minimum atomic E-state index is -1.46. The highest BCUT2D eigenvalue weighted by Crippen LogP contribution is 2.34. The summed E-state index contributed by atoms with van der Waals surface area (Å²) in [5, 5.41) is 19.2. The fraction of sp³-hybridized carbons (Fsp3) is 0.688. The van der Waals surface area contributed by atoms with Crippen LogP contribution in [0.1, 0.15) is 63.6 Å². The molecule has 1 aliphatic rings. The highest BCUT2D eigenvalue weighted by Gasteiger charge is 2.29. The SMILES string of the molecule is CO[C@H]1CC[C@@H](c2cc(C(C)(C)C)ncc2B(O)O)CC1. The number of methoxy groups -OCH3 is 1. The Labute approximate surface area is 127 Å². The molecule has 0 saturated heterocycles. The molecule has 1 aromatic heterocycles. The van der Waals surface area contributed by atoms with Crippen molar-refractivity contribution in [1.29, 1.82) is 0 Å². The molecule has 2 N–H and O–H groups in total. The first-order valence-corrected chi connectivity index (χ1v) is 7.72. The van der Waals surface area contributed by atoms with E-state index in [1.807, 2.05) is 0 Å². The molecule has 0 unspecified atom stereocenters. The standard InChI is InChI=1S/C16H26BNO3/c1-16(2,3)15-9-13(14(10-18-15)17(19)20)11-5-7-12(21-4)8-6-11/h9-12,19-20H,5-8H2,1-4H3/t11-,12+. The minimum absolute atomic E-state index is 0.0442. The van der Waals surface area contributed by atoms with E-state index in [2.05, 4.69) is 31.8 Å². The van der Waals surface area contributed by atoms with Gasteiger partial charge in [0, 0.05) is 29.9 Å². The summed E-state index contributed by atoms with van der Waals surface area (Å²) in [7, 11) is 0.305. The normalized spacial score (nSPS) is 23.1. The summed E-state index contributed by atoms with van der Waals surface area (Å²) in [5.74, 6) is 0.359. The molecule has 1 aliphatic carbocycles. The molecule has 5 heteroatoms. The second kappa shape index (κ2) is 6.47. The minimum Gasteiger partial charge on any atom is -0.423 e. The lowest BCUT2D eigenvalue weighted by Gasteiger charge is -2.30. The zero-order valence-electron chi connectivity index (χ0n) is 13.5. The summed E-state index contributed by atoms with van der Waals surface area (Å²) < 4.78 is 5.42. The molecule has 1 fully saturated rings. The maximum Gasteiger partial charge on any atom is 0.490 e. The third-order valence-electron chi connectivity index (χ3n) is 4.46. The average Bonchev–Trinajstić information content (AvgIpc) is 2.45. The van der Waals surface area contributed by atoms with Crippen molar-refractivity contribution in [2.75, 3.05) is 7.11 Å². The van der Waals surface area contributed by atoms with E-state index in [4.69, 9.17) is 4.74 Å². The van der Waals surface area contributed by atoms with E-state index in [1.54, 1.807) is 13.3 Å². The van der Waals surface area contributed by atoms with Crippen LogP contribution >= 0.6 is 0 Å². The van der Waals surface area contributed by atoms with E-state index in [0.29, 0.717) is 17.5 Å². The van der Waals surface area contributed by atoms with Gasteiger partial charge in [-0.1, -0.05) is 20.8 Å². The number of pyridine rings is 1. The molecular formula is C16H26BNO3. The second-order valence-electron chi connectivity index (χ2n) is 7.03. The van der Waals surface area contributed by atoms with Crippen LogP contribution in [0.5, 0.6) is 0 Å². The van der Waals surface area contributed by atoms with Crippen LogP contribution in [-0.2, 0) is 10.2 Å². The first-order chi connectivity index (χ1) is 9.82. The van der Waals surface area contributed by atoms with Crippen LogP contribution in [0.15, 0.2) is 12.3 Å². The van der Waals surface area contributed by atoms with Gasteiger partial charge in [-0.3, -0.25) is 4.98 Å². The lowest BCUT2D eigenvalue weighted by Crippen LogP contribution is -2.36. The maximum atomic E-state index is 9.62. The van der Waals surface area contributed by atoms with Crippen LogP contribution in [0.2, 0.25) is 0 Å². The van der Waals surface area contributed by atoms with Crippen molar-refractivity contribution in [2.45, 2.75) is 63.9 Å². The molecular weight excluding hydrogens is 265 g/mol. The van der Waals surface area contributed by atoms with Gasteiger partial charge in [0.05, 0.1) is 6.10 Å². The third kappa shape index (κ3) is 3.85. The molecule has 0 atom stereocenters. The Kier molecular flexibility index (Phi) is 5.07. The molecule has 2 rings (SSSR count). The Bertz CT molecular complexity index is 477. The molecule has 116 valence electrons. The van der Waals surface area contributed by atoms with E-state index in [0.717, 1.165) is 36.9 Å². The first-order valence-electron chi connectivity index (χ1n) is 7.72. The van der Waals surface area contributed by atoms with Crippen molar-refractivity contribution >= 4 is 12.6 Å². The van der Waals surface area contributed by atoms with Crippen LogP contribution in [0.3, 0.4) is 0 Å². The zero-order valence-corrected chi connectivity index (χ0v) is 13.5. The zero-order chi connectivity index (χ0) is 15.6. The summed E-state index contributed by atoms with van der Waals surface area (Å²) in [5.41, 5.74) is 2.54. The largest absolute Gasteiger partial charge is 0.490 e. The van der Waals surface area contributed by atoms with Crippen LogP contribution in [0.4, 0.5) is 0 Å². The van der Waals surface area contributed by atoms with E-state index in [1.165, 1.54) is 0 Å². The number of aromatic nitrogens is 1. The van der Waals surface area contributed by atoms with Crippen molar-refractivity contribution in [2.24, 2.45) is 0 Å². The first kappa shape index (κ1) is 16.5. The van der Waals surface area contributed by atoms with E-state index in [9.17, 15) is 10.0 Å². The van der Waals surface area contributed by atoms with Gasteiger partial charge in [-0.05, 0) is 43.2 Å². The quantitative estimate of drug-likeness (QED) is 0.833. The van der Waals surface area contributed by atoms with Crippen molar-refractivity contribution in [3.05, 3.63) is 23.5 Å². The van der Waals surface area contributed by atoms with E-state index in [-0.39, 0.29) is 5.41 Å². The smallest absolute Gasteiger partial charge is 0.423 e. The Hall–Kier alpha value is -0.905. The lowest BCUT2D eigenvalue weighted by molar-refractivity contribution is 0.0659. The van der Waals surface area contributed by atoms with Crippen LogP contribution < -0.4 is 5.46 Å². The monoisotopic (exact) mass is 291 g/mol. The molecule has 1 heterocycles. The van der Waals surface area contributed by atoms with Crippen molar-refractivity contribution in [3.63, 3.8) is 0 Å². The molecule has 1 aromatic rings. The summed E-state index contributed by atoms with van der Waals surface area (Å²) >= 11 is 0. The summed E-state index contributed by atoms with van der Waals surface area (Å²) in [4.78, 5) is 4.41. The fourth-order valence-corrected chi connectivity index (χ4v) is 3.07. The third-order valence-corrected chi connectivity index (χ3v) is 4.46. The maximum absolute atomic E-state index is 9.62. The van der Waals surface area contributed by atoms with Gasteiger partial charge in [0.15, 0.2) is 0 Å². The molecule has 0 amide bonds. The van der Waals surface area contributed by atoms with Crippen molar-refractivity contribution < 1.29 is 14.8 Å². The number of ether oxygens (including phenoxy) is 1. The molecule has 0 aromatic carbocycles. The fourth-order valence-electron chi connectivity index (χ4n) is 3.07. The van der Waals surface area contributed by atoms with Gasteiger partial charge in [0.2, 0.25) is 0 Å². The Balaban J connectivity index is 2.31. The van der Waals surface area contributed by atoms with Crippen molar-refractivity contribution in [3.8, 4) is 0 Å². The predicted octanol–water partition coefficient (Wildman–Crippen LogP) is 1.73. The van der Waals surface area contributed by atoms with Gasteiger partial charge >= 0.3 is 7.12 Å². The summed E-state index contributed by atoms with van der Waals surface area (Å²) in [6.07, 6.45) is 6.05. The number of hydrogen-bond acceptors (Lipinski definition) is 4. The van der Waals surface area contributed by atoms with Gasteiger partial charge in [0.1, 0.15) is 0 Å². The van der Waals surface area contributed by atoms with Gasteiger partial charge in [0.25, 0.3) is 0 Å². The van der Waals surface area contributed by atoms with E-state index >= 15 is 0 Å².